The molecule has 1 saturated heterocycles. The zero-order valence-corrected chi connectivity index (χ0v) is 14.5. The second-order valence-electron chi connectivity index (χ2n) is 6.50. The minimum Gasteiger partial charge on any atom is -0.354 e. The predicted molar refractivity (Wildman–Crippen MR) is 100 cm³/mol. The lowest BCUT2D eigenvalue weighted by molar-refractivity contribution is -0.122. The van der Waals surface area contributed by atoms with Gasteiger partial charge in [-0.05, 0) is 24.3 Å². The lowest BCUT2D eigenvalue weighted by atomic mass is 10.2. The Labute approximate surface area is 152 Å². The van der Waals surface area contributed by atoms with E-state index >= 15 is 0 Å². The normalized spacial score (nSPS) is 17.6. The molecule has 1 aromatic carbocycles. The van der Waals surface area contributed by atoms with Crippen LogP contribution in [0.3, 0.4) is 0 Å². The third-order valence-corrected chi connectivity index (χ3v) is 4.78. The van der Waals surface area contributed by atoms with Crippen LogP contribution in [-0.4, -0.2) is 61.0 Å². The van der Waals surface area contributed by atoms with Crippen LogP contribution >= 0.6 is 0 Å². The van der Waals surface area contributed by atoms with Gasteiger partial charge in [-0.2, -0.15) is 0 Å². The van der Waals surface area contributed by atoms with E-state index in [0.29, 0.717) is 12.2 Å². The van der Waals surface area contributed by atoms with Crippen LogP contribution in [0.15, 0.2) is 48.7 Å². The van der Waals surface area contributed by atoms with Crippen molar-refractivity contribution in [2.24, 2.45) is 0 Å². The molecular formula is C19H21N5O2. The molecular weight excluding hydrogens is 330 g/mol. The number of rotatable bonds is 3. The number of carbonyl (C=O) groups excluding carboxylic acids is 2. The van der Waals surface area contributed by atoms with Gasteiger partial charge < -0.3 is 10.2 Å². The van der Waals surface area contributed by atoms with Crippen LogP contribution in [0.2, 0.25) is 0 Å². The van der Waals surface area contributed by atoms with Gasteiger partial charge in [0.25, 0.3) is 0 Å². The van der Waals surface area contributed by atoms with Crippen LogP contribution in [0.4, 0.5) is 17.2 Å². The van der Waals surface area contributed by atoms with E-state index < -0.39 is 0 Å². The third kappa shape index (κ3) is 3.39. The van der Waals surface area contributed by atoms with Crippen LogP contribution in [-0.2, 0) is 9.59 Å². The zero-order valence-electron chi connectivity index (χ0n) is 14.5. The number of fused-ring (bicyclic) bond motifs is 1. The van der Waals surface area contributed by atoms with Gasteiger partial charge in [-0.1, -0.05) is 18.2 Å². The number of nitrogens with zero attached hydrogens (tertiary/aromatic N) is 4. The van der Waals surface area contributed by atoms with Crippen molar-refractivity contribution in [2.75, 3.05) is 54.4 Å². The summed E-state index contributed by atoms with van der Waals surface area (Å²) in [4.78, 5) is 35.0. The first-order valence-corrected chi connectivity index (χ1v) is 8.78. The van der Waals surface area contributed by atoms with Crippen molar-refractivity contribution in [1.29, 1.82) is 0 Å². The number of benzene rings is 1. The molecule has 4 rings (SSSR count). The Kier molecular flexibility index (Phi) is 4.53. The summed E-state index contributed by atoms with van der Waals surface area (Å²) in [5.74, 6) is 0.774. The SMILES string of the molecule is O=C1CN(C(=O)CN2CCN(c3ccccn3)CC2)c2ccccc2N1. The number of pyridine rings is 1. The van der Waals surface area contributed by atoms with E-state index in [9.17, 15) is 9.59 Å². The minimum absolute atomic E-state index is 0.0430. The van der Waals surface area contributed by atoms with E-state index in [4.69, 9.17) is 0 Å². The molecule has 2 amide bonds. The Hall–Kier alpha value is -2.93. The van der Waals surface area contributed by atoms with E-state index in [2.05, 4.69) is 20.1 Å². The maximum atomic E-state index is 12.8. The highest BCUT2D eigenvalue weighted by Crippen LogP contribution is 2.29. The van der Waals surface area contributed by atoms with Gasteiger partial charge in [0.1, 0.15) is 12.4 Å². The van der Waals surface area contributed by atoms with Gasteiger partial charge in [0.15, 0.2) is 0 Å². The van der Waals surface area contributed by atoms with E-state index in [0.717, 1.165) is 37.7 Å². The smallest absolute Gasteiger partial charge is 0.244 e. The first-order valence-electron chi connectivity index (χ1n) is 8.78. The lowest BCUT2D eigenvalue weighted by Gasteiger charge is -2.36. The van der Waals surface area contributed by atoms with Crippen molar-refractivity contribution in [2.45, 2.75) is 0 Å². The van der Waals surface area contributed by atoms with Crippen LogP contribution in [0.5, 0.6) is 0 Å². The number of carbonyl (C=O) groups is 2. The number of amides is 2. The van der Waals surface area contributed by atoms with Crippen LogP contribution < -0.4 is 15.1 Å². The summed E-state index contributed by atoms with van der Waals surface area (Å²) in [5, 5.41) is 2.81. The number of para-hydroxylation sites is 2. The molecule has 1 N–H and O–H groups in total. The molecule has 0 unspecified atom stereocenters. The maximum absolute atomic E-state index is 12.8. The standard InChI is InChI=1S/C19H21N5O2/c25-18-13-24(16-6-2-1-5-15(16)21-18)19(26)14-22-9-11-23(12-10-22)17-7-3-4-8-20-17/h1-8H,9-14H2,(H,21,25). The number of piperazine rings is 1. The summed E-state index contributed by atoms with van der Waals surface area (Å²) < 4.78 is 0. The second-order valence-corrected chi connectivity index (χ2v) is 6.50. The topological polar surface area (TPSA) is 68.8 Å². The number of hydrogen-bond acceptors (Lipinski definition) is 5. The largest absolute Gasteiger partial charge is 0.354 e. The average molecular weight is 351 g/mol. The molecule has 0 aliphatic carbocycles. The first kappa shape index (κ1) is 16.5. The Morgan fingerprint density at radius 1 is 1.04 bits per heavy atom. The molecule has 0 saturated carbocycles. The maximum Gasteiger partial charge on any atom is 0.244 e. The number of anilines is 3. The molecule has 2 aliphatic rings. The molecule has 0 spiro atoms. The highest BCUT2D eigenvalue weighted by Gasteiger charge is 2.28. The van der Waals surface area contributed by atoms with Gasteiger partial charge >= 0.3 is 0 Å². The van der Waals surface area contributed by atoms with Gasteiger partial charge in [-0.25, -0.2) is 4.98 Å². The van der Waals surface area contributed by atoms with Crippen LogP contribution in [0.25, 0.3) is 0 Å². The van der Waals surface area contributed by atoms with Crippen molar-refractivity contribution in [3.05, 3.63) is 48.7 Å². The molecule has 2 aliphatic heterocycles. The summed E-state index contributed by atoms with van der Waals surface area (Å²) in [6, 6.07) is 13.3. The van der Waals surface area contributed by atoms with Gasteiger partial charge in [0, 0.05) is 32.4 Å². The highest BCUT2D eigenvalue weighted by molar-refractivity contribution is 6.10. The van der Waals surface area contributed by atoms with Gasteiger partial charge in [-0.15, -0.1) is 0 Å². The monoisotopic (exact) mass is 351 g/mol. The summed E-state index contributed by atoms with van der Waals surface area (Å²) in [6.45, 7) is 3.65. The van der Waals surface area contributed by atoms with E-state index in [-0.39, 0.29) is 18.4 Å². The molecule has 0 radical (unpaired) electrons. The Bertz CT molecular complexity index is 803. The van der Waals surface area contributed by atoms with E-state index in [1.165, 1.54) is 0 Å². The zero-order chi connectivity index (χ0) is 17.9. The van der Waals surface area contributed by atoms with Crippen LogP contribution in [0.1, 0.15) is 0 Å². The molecule has 0 bridgehead atoms. The highest BCUT2D eigenvalue weighted by atomic mass is 16.2. The molecule has 3 heterocycles. The Morgan fingerprint density at radius 2 is 1.81 bits per heavy atom. The molecule has 26 heavy (non-hydrogen) atoms. The fourth-order valence-electron chi connectivity index (χ4n) is 3.41. The predicted octanol–water partition coefficient (Wildman–Crippen LogP) is 1.19. The molecule has 2 aromatic rings. The third-order valence-electron chi connectivity index (χ3n) is 4.78. The Morgan fingerprint density at radius 3 is 2.58 bits per heavy atom. The lowest BCUT2D eigenvalue weighted by Crippen LogP contribution is -2.52. The van der Waals surface area contributed by atoms with E-state index in [1.807, 2.05) is 42.5 Å². The fourth-order valence-corrected chi connectivity index (χ4v) is 3.41. The number of hydrogen-bond donors (Lipinski definition) is 1. The Balaban J connectivity index is 1.38. The van der Waals surface area contributed by atoms with Crippen molar-refractivity contribution in [1.82, 2.24) is 9.88 Å². The fraction of sp³-hybridized carbons (Fsp3) is 0.316. The first-order chi connectivity index (χ1) is 12.7. The second kappa shape index (κ2) is 7.13. The van der Waals surface area contributed by atoms with Crippen molar-refractivity contribution in [3.8, 4) is 0 Å². The summed E-state index contributed by atoms with van der Waals surface area (Å²) in [7, 11) is 0. The van der Waals surface area contributed by atoms with Gasteiger partial charge in [-0.3, -0.25) is 19.4 Å². The van der Waals surface area contributed by atoms with Crippen molar-refractivity contribution < 1.29 is 9.59 Å². The molecule has 7 heteroatoms. The number of aromatic nitrogens is 1. The van der Waals surface area contributed by atoms with Gasteiger partial charge in [0.2, 0.25) is 11.8 Å². The molecule has 1 aromatic heterocycles. The van der Waals surface area contributed by atoms with Gasteiger partial charge in [0.05, 0.1) is 17.9 Å². The summed E-state index contributed by atoms with van der Waals surface area (Å²) >= 11 is 0. The summed E-state index contributed by atoms with van der Waals surface area (Å²) in [5.41, 5.74) is 1.46. The van der Waals surface area contributed by atoms with Crippen molar-refractivity contribution in [3.63, 3.8) is 0 Å². The quantitative estimate of drug-likeness (QED) is 0.900. The van der Waals surface area contributed by atoms with Crippen LogP contribution in [0, 0.1) is 0 Å². The number of nitrogens with one attached hydrogen (secondary N) is 1. The molecule has 1 fully saturated rings. The summed E-state index contributed by atoms with van der Waals surface area (Å²) in [6.07, 6.45) is 1.80. The van der Waals surface area contributed by atoms with E-state index in [1.54, 1.807) is 11.1 Å². The molecule has 0 atom stereocenters. The molecule has 7 nitrogen and oxygen atoms in total. The van der Waals surface area contributed by atoms with Crippen molar-refractivity contribution >= 4 is 29.0 Å². The minimum atomic E-state index is -0.156. The molecule has 134 valence electrons. The average Bonchev–Trinajstić information content (AvgIpc) is 2.68.